The molecule has 1 N–H and O–H groups in total. The summed E-state index contributed by atoms with van der Waals surface area (Å²) in [6, 6.07) is 3.07. The van der Waals surface area contributed by atoms with Crippen molar-refractivity contribution in [2.75, 3.05) is 39.3 Å². The molecule has 6 aliphatic rings. The minimum atomic E-state index is -0.838. The molecule has 0 spiro atoms. The smallest absolute Gasteiger partial charge is 0.312 e. The number of carbonyl (C=O) groups is 2. The zero-order chi connectivity index (χ0) is 36.7. The number of rotatable bonds is 5. The Morgan fingerprint density at radius 2 is 1.63 bits per heavy atom. The van der Waals surface area contributed by atoms with E-state index in [1.54, 1.807) is 10.5 Å². The van der Waals surface area contributed by atoms with Gasteiger partial charge in [0.1, 0.15) is 18.2 Å². The number of amides is 1. The highest BCUT2D eigenvalue weighted by Gasteiger charge is 2.69. The Bertz CT molecular complexity index is 1570. The van der Waals surface area contributed by atoms with E-state index in [1.807, 2.05) is 0 Å². The van der Waals surface area contributed by atoms with Gasteiger partial charge in [-0.15, -0.1) is 0 Å². The Hall–Kier alpha value is -2.32. The molecule has 10 atom stereocenters. The topological polar surface area (TPSA) is 70.1 Å². The summed E-state index contributed by atoms with van der Waals surface area (Å²) in [6.07, 6.45) is 11.5. The molecule has 4 saturated carbocycles. The molecule has 10 unspecified atom stereocenters. The molecule has 5 aliphatic carbocycles. The lowest BCUT2D eigenvalue weighted by atomic mass is 9.33. The molecule has 51 heavy (non-hydrogen) atoms. The third-order valence-corrected chi connectivity index (χ3v) is 16.8. The highest BCUT2D eigenvalue weighted by molar-refractivity contribution is 5.94. The lowest BCUT2D eigenvalue weighted by Crippen LogP contribution is -2.65. The summed E-state index contributed by atoms with van der Waals surface area (Å²) in [5.41, 5.74) is 1.22. The maximum atomic E-state index is 14.5. The van der Waals surface area contributed by atoms with Gasteiger partial charge in [-0.1, -0.05) is 60.1 Å². The molecule has 1 saturated heterocycles. The fourth-order valence-corrected chi connectivity index (χ4v) is 13.3. The number of piperazine rings is 1. The van der Waals surface area contributed by atoms with Gasteiger partial charge in [-0.2, -0.15) is 0 Å². The number of nitrogens with zero attached hydrogens (tertiary/aromatic N) is 2. The molecular formula is C43H62F2N2O4. The molecule has 1 amide bonds. The molecule has 7 rings (SSSR count). The van der Waals surface area contributed by atoms with E-state index in [2.05, 4.69) is 59.4 Å². The van der Waals surface area contributed by atoms with Crippen LogP contribution in [-0.2, 0) is 9.53 Å². The van der Waals surface area contributed by atoms with Crippen LogP contribution in [0.25, 0.3) is 0 Å². The van der Waals surface area contributed by atoms with Gasteiger partial charge >= 0.3 is 5.97 Å². The summed E-state index contributed by atoms with van der Waals surface area (Å²) in [4.78, 5) is 31.2. The van der Waals surface area contributed by atoms with Crippen LogP contribution in [0.3, 0.4) is 0 Å². The van der Waals surface area contributed by atoms with Crippen LogP contribution >= 0.6 is 0 Å². The van der Waals surface area contributed by atoms with E-state index < -0.39 is 23.0 Å². The molecule has 1 heterocycles. The summed E-state index contributed by atoms with van der Waals surface area (Å²) >= 11 is 0. The van der Waals surface area contributed by atoms with Gasteiger partial charge in [-0.3, -0.25) is 14.5 Å². The first kappa shape index (κ1) is 37.0. The van der Waals surface area contributed by atoms with Crippen molar-refractivity contribution in [3.8, 4) is 0 Å². The van der Waals surface area contributed by atoms with E-state index in [1.165, 1.54) is 12.5 Å². The average Bonchev–Trinajstić information content (AvgIpc) is 3.08. The van der Waals surface area contributed by atoms with E-state index in [0.29, 0.717) is 63.0 Å². The Morgan fingerprint density at radius 1 is 0.902 bits per heavy atom. The number of allylic oxidation sites excluding steroid dienone is 2. The van der Waals surface area contributed by atoms with Crippen LogP contribution in [-0.4, -0.2) is 72.2 Å². The predicted octanol–water partition coefficient (Wildman–Crippen LogP) is 8.28. The third-order valence-electron chi connectivity index (χ3n) is 16.8. The van der Waals surface area contributed by atoms with Crippen molar-refractivity contribution in [2.45, 2.75) is 112 Å². The van der Waals surface area contributed by atoms with Crippen LogP contribution < -0.4 is 0 Å². The number of ether oxygens (including phenoxy) is 1. The minimum Gasteiger partial charge on any atom is -0.464 e. The largest absolute Gasteiger partial charge is 0.464 e. The van der Waals surface area contributed by atoms with Gasteiger partial charge in [0, 0.05) is 38.8 Å². The normalized spacial score (nSPS) is 42.1. The van der Waals surface area contributed by atoms with Crippen molar-refractivity contribution in [1.82, 2.24) is 9.80 Å². The maximum Gasteiger partial charge on any atom is 0.312 e. The fourth-order valence-electron chi connectivity index (χ4n) is 13.3. The number of aliphatic hydroxyl groups is 1. The summed E-state index contributed by atoms with van der Waals surface area (Å²) in [5, 5.41) is 11.1. The molecule has 0 radical (unpaired) electrons. The van der Waals surface area contributed by atoms with Gasteiger partial charge in [0.05, 0.1) is 17.1 Å². The lowest BCUT2D eigenvalue weighted by Gasteiger charge is -2.71. The van der Waals surface area contributed by atoms with Gasteiger partial charge in [0.2, 0.25) is 0 Å². The molecule has 1 aromatic carbocycles. The third kappa shape index (κ3) is 5.57. The molecule has 0 bridgehead atoms. The molecule has 8 heteroatoms. The van der Waals surface area contributed by atoms with Crippen LogP contribution in [0.4, 0.5) is 8.78 Å². The Balaban J connectivity index is 1.05. The zero-order valence-electron chi connectivity index (χ0n) is 32.2. The number of fused-ring (bicyclic) bond motifs is 7. The number of aliphatic hydroxyl groups excluding tert-OH is 1. The van der Waals surface area contributed by atoms with Crippen molar-refractivity contribution in [2.24, 2.45) is 56.7 Å². The molecule has 5 fully saturated rings. The van der Waals surface area contributed by atoms with Crippen molar-refractivity contribution in [3.05, 3.63) is 47.0 Å². The quantitative estimate of drug-likeness (QED) is 0.246. The van der Waals surface area contributed by atoms with Gasteiger partial charge in [0.25, 0.3) is 5.91 Å². The summed E-state index contributed by atoms with van der Waals surface area (Å²) in [6.45, 7) is 20.1. The first-order valence-corrected chi connectivity index (χ1v) is 20.0. The van der Waals surface area contributed by atoms with Crippen LogP contribution in [0.5, 0.6) is 0 Å². The van der Waals surface area contributed by atoms with E-state index in [-0.39, 0.29) is 45.2 Å². The number of carbonyl (C=O) groups excluding carboxylic acids is 2. The molecule has 282 valence electrons. The van der Waals surface area contributed by atoms with Gasteiger partial charge < -0.3 is 14.7 Å². The summed E-state index contributed by atoms with van der Waals surface area (Å²) in [7, 11) is 0. The first-order chi connectivity index (χ1) is 24.0. The zero-order valence-corrected chi connectivity index (χ0v) is 32.2. The van der Waals surface area contributed by atoms with Crippen LogP contribution in [0.15, 0.2) is 29.8 Å². The Morgan fingerprint density at radius 3 is 2.33 bits per heavy atom. The van der Waals surface area contributed by atoms with Gasteiger partial charge in [-0.05, 0) is 121 Å². The maximum absolute atomic E-state index is 14.5. The van der Waals surface area contributed by atoms with Crippen LogP contribution in [0.1, 0.15) is 117 Å². The van der Waals surface area contributed by atoms with Crippen molar-refractivity contribution < 1.29 is 28.2 Å². The highest BCUT2D eigenvalue weighted by atomic mass is 19.1. The SMILES string of the molecule is CC1CCC2(C(=O)OCCN3CCN(C(=O)c4ccc(F)cc4F)CC3)CCC3(C)C(=CCC4C5(C)CCC(O)C(C)(C)C5CCC43C)C2C1C. The molecule has 0 aromatic heterocycles. The first-order valence-electron chi connectivity index (χ1n) is 20.0. The standard InChI is InChI=1S/C43H62F2N2O4/c1-27-12-17-43(38(50)51-25-24-46-20-22-47(23-21-46)37(49)30-9-8-29(44)26-32(30)45)19-18-41(6)31(36(43)28(27)2)10-11-34-40(5)15-14-35(48)39(3,4)33(40)13-16-42(34,41)7/h8-10,26-28,33-36,48H,11-25H2,1-7H3. The molecule has 1 aromatic rings. The number of esters is 1. The Labute approximate surface area is 304 Å². The summed E-state index contributed by atoms with van der Waals surface area (Å²) < 4.78 is 33.9. The molecular weight excluding hydrogens is 646 g/mol. The molecule has 1 aliphatic heterocycles. The van der Waals surface area contributed by atoms with Gasteiger partial charge in [0.15, 0.2) is 0 Å². The number of hydrogen-bond donors (Lipinski definition) is 1. The van der Waals surface area contributed by atoms with E-state index in [0.717, 1.165) is 63.5 Å². The van der Waals surface area contributed by atoms with Crippen molar-refractivity contribution in [1.29, 1.82) is 0 Å². The van der Waals surface area contributed by atoms with Crippen molar-refractivity contribution >= 4 is 11.9 Å². The van der Waals surface area contributed by atoms with Crippen LogP contribution in [0.2, 0.25) is 0 Å². The highest BCUT2D eigenvalue weighted by Crippen LogP contribution is 2.75. The average molecular weight is 709 g/mol. The minimum absolute atomic E-state index is 0.0256. The van der Waals surface area contributed by atoms with Crippen LogP contribution in [0, 0.1) is 68.3 Å². The van der Waals surface area contributed by atoms with E-state index in [4.69, 9.17) is 4.74 Å². The monoisotopic (exact) mass is 708 g/mol. The van der Waals surface area contributed by atoms with Crippen molar-refractivity contribution in [3.63, 3.8) is 0 Å². The number of halogens is 2. The predicted molar refractivity (Wildman–Crippen MR) is 195 cm³/mol. The second kappa shape index (κ2) is 12.9. The summed E-state index contributed by atoms with van der Waals surface area (Å²) in [5.74, 6) is 0.204. The van der Waals surface area contributed by atoms with E-state index >= 15 is 0 Å². The second-order valence-electron chi connectivity index (χ2n) is 19.1. The number of benzene rings is 1. The van der Waals surface area contributed by atoms with E-state index in [9.17, 15) is 23.5 Å². The molecule has 6 nitrogen and oxygen atoms in total. The fraction of sp³-hybridized carbons (Fsp3) is 0.767. The Kier molecular flexibility index (Phi) is 9.38. The lowest BCUT2D eigenvalue weighted by molar-refractivity contribution is -0.207. The van der Waals surface area contributed by atoms with Gasteiger partial charge in [-0.25, -0.2) is 8.78 Å². The second-order valence-corrected chi connectivity index (χ2v) is 19.1. The number of hydrogen-bond acceptors (Lipinski definition) is 5.